The van der Waals surface area contributed by atoms with Gasteiger partial charge in [0.25, 0.3) is 5.91 Å². The monoisotopic (exact) mass is 314 g/mol. The predicted octanol–water partition coefficient (Wildman–Crippen LogP) is 2.57. The number of hydrogen-bond acceptors (Lipinski definition) is 5. The first-order valence-electron chi connectivity index (χ1n) is 5.32. The second-order valence-corrected chi connectivity index (χ2v) is 4.12. The number of amides is 1. The largest absolute Gasteiger partial charge is 0.307 e. The summed E-state index contributed by atoms with van der Waals surface area (Å²) in [5.41, 5.74) is -1.76. The summed E-state index contributed by atoms with van der Waals surface area (Å²) in [5.74, 6) is -3.63. The maximum absolute atomic E-state index is 13.6. The quantitative estimate of drug-likeness (QED) is 0.693. The highest BCUT2D eigenvalue weighted by Gasteiger charge is 2.22. The summed E-state index contributed by atoms with van der Waals surface area (Å²) in [7, 11) is 0. The third kappa shape index (κ3) is 3.26. The Balaban J connectivity index is 2.29. The minimum absolute atomic E-state index is 0.0393. The van der Waals surface area contributed by atoms with Gasteiger partial charge in [0.15, 0.2) is 11.0 Å². The first-order valence-corrected chi connectivity index (χ1v) is 5.70. The van der Waals surface area contributed by atoms with Crippen LogP contribution in [0.4, 0.5) is 20.3 Å². The minimum atomic E-state index is -1.33. The average molecular weight is 315 g/mol. The number of carbonyl (C=O) groups excluding carboxylic acids is 1. The van der Waals surface area contributed by atoms with Crippen molar-refractivity contribution in [1.29, 1.82) is 0 Å². The Morgan fingerprint density at radius 2 is 1.95 bits per heavy atom. The molecular formula is C11H5ClF2N4O3. The van der Waals surface area contributed by atoms with Gasteiger partial charge in [-0.15, -0.1) is 10.2 Å². The van der Waals surface area contributed by atoms with Crippen molar-refractivity contribution in [3.8, 4) is 0 Å². The average Bonchev–Trinajstić information content (AvgIpc) is 2.43. The van der Waals surface area contributed by atoms with Crippen LogP contribution in [0.5, 0.6) is 0 Å². The molecule has 21 heavy (non-hydrogen) atoms. The number of halogens is 3. The van der Waals surface area contributed by atoms with Crippen LogP contribution < -0.4 is 5.32 Å². The third-order valence-corrected chi connectivity index (χ3v) is 2.55. The van der Waals surface area contributed by atoms with Crippen LogP contribution in [0.1, 0.15) is 10.4 Å². The van der Waals surface area contributed by atoms with Gasteiger partial charge in [-0.25, -0.2) is 4.39 Å². The molecule has 0 fully saturated rings. The molecule has 0 atom stereocenters. The molecule has 1 aromatic heterocycles. The molecule has 0 saturated carbocycles. The molecule has 0 radical (unpaired) electrons. The number of benzene rings is 1. The second kappa shape index (κ2) is 5.75. The Morgan fingerprint density at radius 3 is 2.52 bits per heavy atom. The van der Waals surface area contributed by atoms with Crippen molar-refractivity contribution in [3.63, 3.8) is 0 Å². The smallest absolute Gasteiger partial charge is 0.305 e. The first kappa shape index (κ1) is 14.7. The van der Waals surface area contributed by atoms with Crippen molar-refractivity contribution < 1.29 is 18.5 Å². The van der Waals surface area contributed by atoms with Gasteiger partial charge in [-0.1, -0.05) is 11.6 Å². The van der Waals surface area contributed by atoms with Gasteiger partial charge < -0.3 is 5.32 Å². The first-order chi connectivity index (χ1) is 9.88. The van der Waals surface area contributed by atoms with Crippen LogP contribution in [-0.2, 0) is 0 Å². The summed E-state index contributed by atoms with van der Waals surface area (Å²) in [4.78, 5) is 21.1. The van der Waals surface area contributed by atoms with Crippen molar-refractivity contribution in [1.82, 2.24) is 10.2 Å². The number of nitrogens with one attached hydrogen (secondary N) is 1. The number of anilines is 1. The molecule has 2 rings (SSSR count). The van der Waals surface area contributed by atoms with Gasteiger partial charge in [-0.05, 0) is 18.2 Å². The van der Waals surface area contributed by atoms with E-state index in [-0.39, 0.29) is 11.0 Å². The van der Waals surface area contributed by atoms with Crippen LogP contribution in [0.25, 0.3) is 0 Å². The lowest BCUT2D eigenvalue weighted by atomic mass is 10.1. The molecule has 108 valence electrons. The van der Waals surface area contributed by atoms with E-state index in [1.807, 2.05) is 0 Å². The minimum Gasteiger partial charge on any atom is -0.305 e. The number of rotatable bonds is 3. The van der Waals surface area contributed by atoms with Crippen LogP contribution in [0.3, 0.4) is 0 Å². The van der Waals surface area contributed by atoms with E-state index in [0.717, 1.165) is 0 Å². The molecule has 0 aliphatic carbocycles. The maximum Gasteiger partial charge on any atom is 0.307 e. The molecule has 0 spiro atoms. The van der Waals surface area contributed by atoms with Crippen molar-refractivity contribution in [3.05, 3.63) is 56.7 Å². The highest BCUT2D eigenvalue weighted by molar-refractivity contribution is 6.29. The lowest BCUT2D eigenvalue weighted by Gasteiger charge is -2.05. The third-order valence-electron chi connectivity index (χ3n) is 2.35. The SMILES string of the molecule is O=C(Nc1ccc(Cl)nn1)c1cc(F)c([N+](=O)[O-])cc1F. The molecule has 0 bridgehead atoms. The molecule has 0 unspecified atom stereocenters. The van der Waals surface area contributed by atoms with Gasteiger partial charge in [-0.3, -0.25) is 14.9 Å². The maximum atomic E-state index is 13.6. The summed E-state index contributed by atoms with van der Waals surface area (Å²) in [6, 6.07) is 3.40. The number of carbonyl (C=O) groups is 1. The number of hydrogen-bond donors (Lipinski definition) is 1. The van der Waals surface area contributed by atoms with Crippen LogP contribution in [-0.4, -0.2) is 21.0 Å². The van der Waals surface area contributed by atoms with Gasteiger partial charge in [0.1, 0.15) is 5.82 Å². The van der Waals surface area contributed by atoms with Gasteiger partial charge >= 0.3 is 5.69 Å². The fourth-order valence-corrected chi connectivity index (χ4v) is 1.52. The standard InChI is InChI=1S/C11H5ClF2N4O3/c12-9-1-2-10(17-16-9)15-11(19)5-3-7(14)8(18(20)21)4-6(5)13/h1-4H,(H,15,17,19). The van der Waals surface area contributed by atoms with E-state index >= 15 is 0 Å². The van der Waals surface area contributed by atoms with Crippen LogP contribution in [0.2, 0.25) is 5.15 Å². The second-order valence-electron chi connectivity index (χ2n) is 3.74. The number of aromatic nitrogens is 2. The van der Waals surface area contributed by atoms with E-state index in [4.69, 9.17) is 11.6 Å². The normalized spacial score (nSPS) is 10.2. The Hall–Kier alpha value is -2.68. The zero-order valence-corrected chi connectivity index (χ0v) is 10.8. The van der Waals surface area contributed by atoms with Crippen molar-refractivity contribution >= 4 is 29.0 Å². The fraction of sp³-hybridized carbons (Fsp3) is 0. The molecule has 0 aliphatic heterocycles. The van der Waals surface area contributed by atoms with Crippen LogP contribution in [0.15, 0.2) is 24.3 Å². The summed E-state index contributed by atoms with van der Waals surface area (Å²) in [6.45, 7) is 0. The lowest BCUT2D eigenvalue weighted by molar-refractivity contribution is -0.387. The number of nitro groups is 1. The van der Waals surface area contributed by atoms with Crippen LogP contribution in [0, 0.1) is 21.7 Å². The molecule has 0 aliphatic rings. The zero-order chi connectivity index (χ0) is 15.6. The predicted molar refractivity (Wildman–Crippen MR) is 68.0 cm³/mol. The molecule has 7 nitrogen and oxygen atoms in total. The number of nitrogens with zero attached hydrogens (tertiary/aromatic N) is 3. The van der Waals surface area contributed by atoms with Gasteiger partial charge in [0.05, 0.1) is 16.6 Å². The molecule has 1 aromatic carbocycles. The lowest BCUT2D eigenvalue weighted by Crippen LogP contribution is -2.15. The van der Waals surface area contributed by atoms with Crippen molar-refractivity contribution in [2.45, 2.75) is 0 Å². The molecule has 2 aromatic rings. The number of nitro benzene ring substituents is 1. The summed E-state index contributed by atoms with van der Waals surface area (Å²) in [6.07, 6.45) is 0. The van der Waals surface area contributed by atoms with Crippen molar-refractivity contribution in [2.75, 3.05) is 5.32 Å². The molecule has 1 amide bonds. The van der Waals surface area contributed by atoms with E-state index in [9.17, 15) is 23.7 Å². The highest BCUT2D eigenvalue weighted by Crippen LogP contribution is 2.22. The zero-order valence-electron chi connectivity index (χ0n) is 10.0. The Kier molecular flexibility index (Phi) is 4.03. The molecule has 1 heterocycles. The van der Waals surface area contributed by atoms with E-state index in [1.165, 1.54) is 12.1 Å². The molecule has 0 saturated heterocycles. The summed E-state index contributed by atoms with van der Waals surface area (Å²) in [5, 5.41) is 19.6. The fourth-order valence-electron chi connectivity index (χ4n) is 1.42. The van der Waals surface area contributed by atoms with Crippen LogP contribution >= 0.6 is 11.6 Å². The Bertz CT molecular complexity index is 724. The topological polar surface area (TPSA) is 98.0 Å². The van der Waals surface area contributed by atoms with Crippen molar-refractivity contribution in [2.24, 2.45) is 0 Å². The highest BCUT2D eigenvalue weighted by atomic mass is 35.5. The van der Waals surface area contributed by atoms with Gasteiger partial charge in [0.2, 0.25) is 5.82 Å². The molecular weight excluding hydrogens is 310 g/mol. The van der Waals surface area contributed by atoms with E-state index in [0.29, 0.717) is 12.1 Å². The van der Waals surface area contributed by atoms with E-state index < -0.39 is 33.7 Å². The summed E-state index contributed by atoms with van der Waals surface area (Å²) < 4.78 is 27.0. The molecule has 1 N–H and O–H groups in total. The Morgan fingerprint density at radius 1 is 1.24 bits per heavy atom. The summed E-state index contributed by atoms with van der Waals surface area (Å²) >= 11 is 5.50. The molecule has 10 heteroatoms. The van der Waals surface area contributed by atoms with Gasteiger partial charge in [-0.2, -0.15) is 4.39 Å². The van der Waals surface area contributed by atoms with Gasteiger partial charge in [0, 0.05) is 0 Å². The van der Waals surface area contributed by atoms with E-state index in [2.05, 4.69) is 15.5 Å². The Labute approximate surface area is 120 Å². The van der Waals surface area contributed by atoms with E-state index in [1.54, 1.807) is 0 Å².